The van der Waals surface area contributed by atoms with Crippen LogP contribution in [0.25, 0.3) is 17.0 Å². The summed E-state index contributed by atoms with van der Waals surface area (Å²) in [6.07, 6.45) is 1.45. The summed E-state index contributed by atoms with van der Waals surface area (Å²) in [5.74, 6) is 1.16. The molecule has 0 bridgehead atoms. The lowest BCUT2D eigenvalue weighted by Gasteiger charge is -2.11. The van der Waals surface area contributed by atoms with E-state index in [9.17, 15) is 9.90 Å². The second-order valence-corrected chi connectivity index (χ2v) is 6.09. The maximum atomic E-state index is 12.1. The molecular weight excluding hydrogens is 356 g/mol. The van der Waals surface area contributed by atoms with Crippen LogP contribution in [0, 0.1) is 0 Å². The molecule has 0 atom stereocenters. The quantitative estimate of drug-likeness (QED) is 0.448. The molecule has 8 nitrogen and oxygen atoms in total. The Bertz CT molecular complexity index is 1090. The average molecular weight is 374 g/mol. The zero-order chi connectivity index (χ0) is 19.3. The van der Waals surface area contributed by atoms with Crippen molar-refractivity contribution >= 4 is 17.5 Å². The van der Waals surface area contributed by atoms with Gasteiger partial charge in [-0.15, -0.1) is 0 Å². The molecule has 0 aliphatic rings. The van der Waals surface area contributed by atoms with E-state index in [1.165, 1.54) is 18.5 Å². The maximum Gasteiger partial charge on any atom is 0.254 e. The molecule has 0 saturated carbocycles. The maximum absolute atomic E-state index is 12.1. The van der Waals surface area contributed by atoms with E-state index in [1.54, 1.807) is 16.6 Å². The normalized spacial score (nSPS) is 10.7. The number of aromatic nitrogens is 4. The van der Waals surface area contributed by atoms with Gasteiger partial charge < -0.3 is 15.7 Å². The predicted octanol–water partition coefficient (Wildman–Crippen LogP) is 2.34. The number of anilines is 1. The van der Waals surface area contributed by atoms with E-state index in [0.29, 0.717) is 24.4 Å². The largest absolute Gasteiger partial charge is 0.508 e. The molecule has 3 N–H and O–H groups in total. The molecule has 8 heteroatoms. The van der Waals surface area contributed by atoms with Gasteiger partial charge in [0.05, 0.1) is 5.69 Å². The first-order valence-electron chi connectivity index (χ1n) is 8.78. The molecule has 1 amide bonds. The Hall–Kier alpha value is -3.94. The van der Waals surface area contributed by atoms with Crippen LogP contribution in [0.15, 0.2) is 67.0 Å². The predicted molar refractivity (Wildman–Crippen MR) is 105 cm³/mol. The number of fused-ring (bicyclic) bond motifs is 1. The average Bonchev–Trinajstić information content (AvgIpc) is 3.21. The zero-order valence-corrected chi connectivity index (χ0v) is 14.9. The van der Waals surface area contributed by atoms with Crippen LogP contribution in [-0.2, 0) is 0 Å². The third-order valence-corrected chi connectivity index (χ3v) is 4.17. The number of aromatic hydroxyl groups is 1. The molecular formula is C20H18N6O2. The number of hydrogen-bond acceptors (Lipinski definition) is 6. The molecule has 0 saturated heterocycles. The van der Waals surface area contributed by atoms with Gasteiger partial charge in [-0.3, -0.25) is 4.79 Å². The Morgan fingerprint density at radius 3 is 2.61 bits per heavy atom. The van der Waals surface area contributed by atoms with E-state index in [4.69, 9.17) is 0 Å². The smallest absolute Gasteiger partial charge is 0.254 e. The number of hydrogen-bond donors (Lipinski definition) is 3. The van der Waals surface area contributed by atoms with E-state index >= 15 is 0 Å². The van der Waals surface area contributed by atoms with Gasteiger partial charge in [0.25, 0.3) is 11.7 Å². The Labute approximate surface area is 160 Å². The van der Waals surface area contributed by atoms with E-state index in [0.717, 1.165) is 17.1 Å². The van der Waals surface area contributed by atoms with Gasteiger partial charge >= 0.3 is 0 Å². The van der Waals surface area contributed by atoms with E-state index in [-0.39, 0.29) is 11.7 Å². The Kier molecular flexibility index (Phi) is 4.83. The highest BCUT2D eigenvalue weighted by Gasteiger charge is 2.09. The fraction of sp³-hybridized carbons (Fsp3) is 0.100. The summed E-state index contributed by atoms with van der Waals surface area (Å²) >= 11 is 0. The van der Waals surface area contributed by atoms with E-state index in [2.05, 4.69) is 25.7 Å². The molecule has 0 unspecified atom stereocenters. The van der Waals surface area contributed by atoms with Gasteiger partial charge in [-0.05, 0) is 24.3 Å². The van der Waals surface area contributed by atoms with Crippen molar-refractivity contribution in [3.05, 3.63) is 72.6 Å². The summed E-state index contributed by atoms with van der Waals surface area (Å²) < 4.78 is 1.62. The van der Waals surface area contributed by atoms with Gasteiger partial charge in [-0.25, -0.2) is 4.98 Å². The monoisotopic (exact) mass is 374 g/mol. The molecule has 2 aromatic carbocycles. The van der Waals surface area contributed by atoms with Crippen LogP contribution in [0.4, 0.5) is 5.82 Å². The van der Waals surface area contributed by atoms with E-state index < -0.39 is 0 Å². The number of carbonyl (C=O) groups is 1. The Morgan fingerprint density at radius 1 is 1.04 bits per heavy atom. The number of nitrogens with zero attached hydrogens (tertiary/aromatic N) is 4. The molecule has 4 rings (SSSR count). The number of nitrogens with one attached hydrogen (secondary N) is 2. The SMILES string of the molecule is O=C(NCCNc1cc(-c2ccccc2)nc2ncnn12)c1ccc(O)cc1. The lowest BCUT2D eigenvalue weighted by atomic mass is 10.1. The number of carbonyl (C=O) groups excluding carboxylic acids is 1. The summed E-state index contributed by atoms with van der Waals surface area (Å²) in [6.45, 7) is 0.913. The molecule has 0 aliphatic heterocycles. The van der Waals surface area contributed by atoms with Crippen LogP contribution < -0.4 is 10.6 Å². The first-order chi connectivity index (χ1) is 13.7. The number of rotatable bonds is 6. The molecule has 0 fully saturated rings. The lowest BCUT2D eigenvalue weighted by Crippen LogP contribution is -2.29. The second kappa shape index (κ2) is 7.75. The summed E-state index contributed by atoms with van der Waals surface area (Å²) in [5.41, 5.74) is 2.26. The van der Waals surface area contributed by atoms with Gasteiger partial charge in [-0.2, -0.15) is 14.6 Å². The summed E-state index contributed by atoms with van der Waals surface area (Å²) in [4.78, 5) is 20.8. The van der Waals surface area contributed by atoms with Crippen molar-refractivity contribution in [1.29, 1.82) is 0 Å². The van der Waals surface area contributed by atoms with Gasteiger partial charge in [0, 0.05) is 30.3 Å². The minimum atomic E-state index is -0.201. The molecule has 0 spiro atoms. The van der Waals surface area contributed by atoms with Crippen molar-refractivity contribution in [2.75, 3.05) is 18.4 Å². The van der Waals surface area contributed by atoms with Crippen molar-refractivity contribution in [3.8, 4) is 17.0 Å². The summed E-state index contributed by atoms with van der Waals surface area (Å²) in [5, 5.41) is 19.6. The van der Waals surface area contributed by atoms with Crippen molar-refractivity contribution in [2.24, 2.45) is 0 Å². The minimum Gasteiger partial charge on any atom is -0.508 e. The highest BCUT2D eigenvalue weighted by atomic mass is 16.3. The van der Waals surface area contributed by atoms with Crippen molar-refractivity contribution in [3.63, 3.8) is 0 Å². The Balaban J connectivity index is 1.44. The fourth-order valence-corrected chi connectivity index (χ4v) is 2.78. The fourth-order valence-electron chi connectivity index (χ4n) is 2.78. The van der Waals surface area contributed by atoms with Crippen molar-refractivity contribution in [2.45, 2.75) is 0 Å². The van der Waals surface area contributed by atoms with Crippen LogP contribution in [-0.4, -0.2) is 43.7 Å². The zero-order valence-electron chi connectivity index (χ0n) is 14.9. The molecule has 2 aromatic heterocycles. The minimum absolute atomic E-state index is 0.127. The van der Waals surface area contributed by atoms with Gasteiger partial charge in [0.2, 0.25) is 0 Å². The number of benzene rings is 2. The second-order valence-electron chi connectivity index (χ2n) is 6.09. The summed E-state index contributed by atoms with van der Waals surface area (Å²) in [7, 11) is 0. The molecule has 0 aliphatic carbocycles. The molecule has 2 heterocycles. The highest BCUT2D eigenvalue weighted by Crippen LogP contribution is 2.21. The lowest BCUT2D eigenvalue weighted by molar-refractivity contribution is 0.0955. The highest BCUT2D eigenvalue weighted by molar-refractivity contribution is 5.94. The molecule has 28 heavy (non-hydrogen) atoms. The van der Waals surface area contributed by atoms with Crippen LogP contribution in [0.2, 0.25) is 0 Å². The van der Waals surface area contributed by atoms with Crippen LogP contribution in [0.5, 0.6) is 5.75 Å². The van der Waals surface area contributed by atoms with Crippen molar-refractivity contribution < 1.29 is 9.90 Å². The number of phenols is 1. The van der Waals surface area contributed by atoms with Gasteiger partial charge in [0.15, 0.2) is 0 Å². The van der Waals surface area contributed by atoms with Crippen LogP contribution in [0.3, 0.4) is 0 Å². The van der Waals surface area contributed by atoms with Gasteiger partial charge in [-0.1, -0.05) is 30.3 Å². The van der Waals surface area contributed by atoms with Crippen molar-refractivity contribution in [1.82, 2.24) is 24.9 Å². The van der Waals surface area contributed by atoms with Crippen LogP contribution in [0.1, 0.15) is 10.4 Å². The molecule has 4 aromatic rings. The van der Waals surface area contributed by atoms with E-state index in [1.807, 2.05) is 36.4 Å². The summed E-state index contributed by atoms with van der Waals surface area (Å²) in [6, 6.07) is 17.8. The number of amides is 1. The standard InChI is InChI=1S/C20H18N6O2/c27-16-8-6-15(7-9-16)19(28)22-11-10-21-18-12-17(14-4-2-1-3-5-14)25-20-23-13-24-26(18)20/h1-9,12-13,21,27H,10-11H2,(H,22,28). The molecule has 140 valence electrons. The molecule has 0 radical (unpaired) electrons. The Morgan fingerprint density at radius 2 is 1.82 bits per heavy atom. The topological polar surface area (TPSA) is 104 Å². The third-order valence-electron chi connectivity index (χ3n) is 4.17. The first-order valence-corrected chi connectivity index (χ1v) is 8.78. The van der Waals surface area contributed by atoms with Gasteiger partial charge in [0.1, 0.15) is 17.9 Å². The number of phenolic OH excluding ortho intramolecular Hbond substituents is 1. The third kappa shape index (κ3) is 3.75. The first kappa shape index (κ1) is 17.5. The van der Waals surface area contributed by atoms with Crippen LogP contribution >= 0.6 is 0 Å².